The number of benzene rings is 1. The fraction of sp³-hybridized carbons (Fsp3) is 0.650. The summed E-state index contributed by atoms with van der Waals surface area (Å²) in [5.74, 6) is 0.853. The Bertz CT molecular complexity index is 647. The van der Waals surface area contributed by atoms with Crippen molar-refractivity contribution >= 4 is 5.96 Å². The van der Waals surface area contributed by atoms with Crippen LogP contribution in [-0.4, -0.2) is 69.6 Å². The minimum absolute atomic E-state index is 0.217. The molecule has 2 N–H and O–H groups in total. The van der Waals surface area contributed by atoms with Crippen LogP contribution in [0.1, 0.15) is 24.5 Å². The van der Waals surface area contributed by atoms with Gasteiger partial charge in [-0.15, -0.1) is 0 Å². The van der Waals surface area contributed by atoms with Crippen LogP contribution >= 0.6 is 0 Å². The number of morpholine rings is 1. The monoisotopic (exact) mass is 416 g/mol. The van der Waals surface area contributed by atoms with Crippen molar-refractivity contribution in [1.29, 1.82) is 0 Å². The Morgan fingerprint density at radius 1 is 1.24 bits per heavy atom. The van der Waals surface area contributed by atoms with Crippen LogP contribution in [0.4, 0.5) is 13.2 Å². The second-order valence-electron chi connectivity index (χ2n) is 6.94. The zero-order valence-corrected chi connectivity index (χ0v) is 17.1. The predicted octanol–water partition coefficient (Wildman–Crippen LogP) is 2.71. The van der Waals surface area contributed by atoms with E-state index in [1.165, 1.54) is 0 Å². The molecule has 164 valence electrons. The normalized spacial score (nSPS) is 16.0. The number of nitrogens with one attached hydrogen (secondary N) is 2. The van der Waals surface area contributed by atoms with Crippen LogP contribution < -0.4 is 15.4 Å². The predicted molar refractivity (Wildman–Crippen MR) is 107 cm³/mol. The fourth-order valence-corrected chi connectivity index (χ4v) is 2.93. The van der Waals surface area contributed by atoms with Gasteiger partial charge in [0.2, 0.25) is 0 Å². The Labute approximate surface area is 170 Å². The van der Waals surface area contributed by atoms with E-state index < -0.39 is 12.8 Å². The maximum Gasteiger partial charge on any atom is 0.422 e. The summed E-state index contributed by atoms with van der Waals surface area (Å²) in [5.41, 5.74) is 1.45. The molecule has 1 aliphatic heterocycles. The standard InChI is InChI=1S/C20H31F3N4O2/c1-3-24-19(25-7-4-8-27-9-11-28-12-10-27)26-14-17-6-5-16(2)13-18(17)29-15-20(21,22)23/h5-6,13H,3-4,7-12,14-15H2,1-2H3,(H2,24,25,26). The molecular weight excluding hydrogens is 385 g/mol. The van der Waals surface area contributed by atoms with Crippen LogP contribution in [-0.2, 0) is 11.3 Å². The van der Waals surface area contributed by atoms with Gasteiger partial charge in [0.05, 0.1) is 19.8 Å². The topological polar surface area (TPSA) is 58.1 Å². The molecule has 0 unspecified atom stereocenters. The van der Waals surface area contributed by atoms with Gasteiger partial charge in [0.25, 0.3) is 0 Å². The molecule has 0 bridgehead atoms. The summed E-state index contributed by atoms with van der Waals surface area (Å²) in [4.78, 5) is 6.87. The minimum atomic E-state index is -4.37. The van der Waals surface area contributed by atoms with Gasteiger partial charge in [-0.25, -0.2) is 4.99 Å². The number of aryl methyl sites for hydroxylation is 1. The maximum atomic E-state index is 12.5. The molecule has 0 spiro atoms. The molecule has 29 heavy (non-hydrogen) atoms. The Morgan fingerprint density at radius 2 is 2.00 bits per heavy atom. The van der Waals surface area contributed by atoms with Crippen molar-refractivity contribution in [1.82, 2.24) is 15.5 Å². The fourth-order valence-electron chi connectivity index (χ4n) is 2.93. The van der Waals surface area contributed by atoms with E-state index in [4.69, 9.17) is 9.47 Å². The molecule has 1 fully saturated rings. The second kappa shape index (κ2) is 11.9. The van der Waals surface area contributed by atoms with Gasteiger partial charge in [0, 0.05) is 31.7 Å². The molecule has 1 aromatic rings. The first-order valence-electron chi connectivity index (χ1n) is 9.98. The average Bonchev–Trinajstić information content (AvgIpc) is 2.69. The van der Waals surface area contributed by atoms with Crippen molar-refractivity contribution in [3.63, 3.8) is 0 Å². The highest BCUT2D eigenvalue weighted by atomic mass is 19.4. The van der Waals surface area contributed by atoms with Crippen molar-refractivity contribution in [2.24, 2.45) is 4.99 Å². The lowest BCUT2D eigenvalue weighted by Gasteiger charge is -2.26. The van der Waals surface area contributed by atoms with E-state index in [2.05, 4.69) is 20.5 Å². The van der Waals surface area contributed by atoms with Gasteiger partial charge in [-0.05, 0) is 38.4 Å². The van der Waals surface area contributed by atoms with E-state index in [-0.39, 0.29) is 12.3 Å². The number of alkyl halides is 3. The van der Waals surface area contributed by atoms with Crippen LogP contribution in [0, 0.1) is 6.92 Å². The third-order valence-electron chi connectivity index (χ3n) is 4.41. The molecular formula is C20H31F3N4O2. The summed E-state index contributed by atoms with van der Waals surface area (Å²) in [7, 11) is 0. The smallest absolute Gasteiger partial charge is 0.422 e. The molecule has 0 amide bonds. The highest BCUT2D eigenvalue weighted by Gasteiger charge is 2.28. The van der Waals surface area contributed by atoms with Gasteiger partial charge in [0.1, 0.15) is 5.75 Å². The molecule has 9 heteroatoms. The van der Waals surface area contributed by atoms with E-state index in [0.717, 1.165) is 51.4 Å². The number of hydrogen-bond acceptors (Lipinski definition) is 4. The summed E-state index contributed by atoms with van der Waals surface area (Å²) in [6, 6.07) is 5.21. The van der Waals surface area contributed by atoms with Gasteiger partial charge in [0.15, 0.2) is 12.6 Å². The van der Waals surface area contributed by atoms with Gasteiger partial charge in [-0.1, -0.05) is 12.1 Å². The first kappa shape index (κ1) is 23.3. The van der Waals surface area contributed by atoms with Crippen molar-refractivity contribution in [2.45, 2.75) is 33.0 Å². The molecule has 0 aromatic heterocycles. The van der Waals surface area contributed by atoms with Crippen molar-refractivity contribution in [2.75, 3.05) is 52.5 Å². The summed E-state index contributed by atoms with van der Waals surface area (Å²) in [5, 5.41) is 6.44. The van der Waals surface area contributed by atoms with Crippen LogP contribution in [0.3, 0.4) is 0 Å². The van der Waals surface area contributed by atoms with E-state index >= 15 is 0 Å². The van der Waals surface area contributed by atoms with Gasteiger partial charge >= 0.3 is 6.18 Å². The highest BCUT2D eigenvalue weighted by molar-refractivity contribution is 5.79. The van der Waals surface area contributed by atoms with E-state index in [0.29, 0.717) is 18.1 Å². The Balaban J connectivity index is 1.89. The lowest BCUT2D eigenvalue weighted by atomic mass is 10.1. The number of aliphatic imine (C=N–C) groups is 1. The molecule has 0 saturated carbocycles. The van der Waals surface area contributed by atoms with Crippen LogP contribution in [0.2, 0.25) is 0 Å². The Hall–Kier alpha value is -2.00. The van der Waals surface area contributed by atoms with Crippen LogP contribution in [0.15, 0.2) is 23.2 Å². The van der Waals surface area contributed by atoms with Crippen molar-refractivity contribution in [3.05, 3.63) is 29.3 Å². The lowest BCUT2D eigenvalue weighted by Crippen LogP contribution is -2.40. The Morgan fingerprint density at radius 3 is 2.69 bits per heavy atom. The lowest BCUT2D eigenvalue weighted by molar-refractivity contribution is -0.153. The molecule has 1 aliphatic rings. The summed E-state index contributed by atoms with van der Waals surface area (Å²) in [6.07, 6.45) is -3.41. The minimum Gasteiger partial charge on any atom is -0.484 e. The second-order valence-corrected chi connectivity index (χ2v) is 6.94. The number of hydrogen-bond donors (Lipinski definition) is 2. The Kier molecular flexibility index (Phi) is 9.53. The third-order valence-corrected chi connectivity index (χ3v) is 4.41. The zero-order valence-electron chi connectivity index (χ0n) is 17.1. The first-order valence-corrected chi connectivity index (χ1v) is 9.98. The quantitative estimate of drug-likeness (QED) is 0.368. The number of ether oxygens (including phenoxy) is 2. The molecule has 0 radical (unpaired) electrons. The van der Waals surface area contributed by atoms with E-state index in [1.807, 2.05) is 19.9 Å². The summed E-state index contributed by atoms with van der Waals surface area (Å²) in [6.45, 7) is 8.63. The van der Waals surface area contributed by atoms with E-state index in [9.17, 15) is 13.2 Å². The first-order chi connectivity index (χ1) is 13.9. The maximum absolute atomic E-state index is 12.5. The third kappa shape index (κ3) is 9.36. The van der Waals surface area contributed by atoms with E-state index in [1.54, 1.807) is 12.1 Å². The van der Waals surface area contributed by atoms with Crippen molar-refractivity contribution in [3.8, 4) is 5.75 Å². The molecule has 1 aromatic carbocycles. The molecule has 1 heterocycles. The molecule has 6 nitrogen and oxygen atoms in total. The number of rotatable bonds is 9. The van der Waals surface area contributed by atoms with Gasteiger partial charge in [-0.3, -0.25) is 4.90 Å². The largest absolute Gasteiger partial charge is 0.484 e. The zero-order chi connectivity index (χ0) is 21.1. The van der Waals surface area contributed by atoms with Gasteiger partial charge < -0.3 is 20.1 Å². The highest BCUT2D eigenvalue weighted by Crippen LogP contribution is 2.24. The SMILES string of the molecule is CCNC(=NCc1ccc(C)cc1OCC(F)(F)F)NCCCN1CCOCC1. The average molecular weight is 416 g/mol. The number of guanidine groups is 1. The molecule has 1 saturated heterocycles. The molecule has 0 aliphatic carbocycles. The molecule has 2 rings (SSSR count). The molecule has 0 atom stereocenters. The van der Waals surface area contributed by atoms with Crippen LogP contribution in [0.25, 0.3) is 0 Å². The number of nitrogens with zero attached hydrogens (tertiary/aromatic N) is 2. The van der Waals surface area contributed by atoms with Crippen molar-refractivity contribution < 1.29 is 22.6 Å². The summed E-state index contributed by atoms with van der Waals surface area (Å²) >= 11 is 0. The van der Waals surface area contributed by atoms with Gasteiger partial charge in [-0.2, -0.15) is 13.2 Å². The number of halogens is 3. The summed E-state index contributed by atoms with van der Waals surface area (Å²) < 4.78 is 47.9. The van der Waals surface area contributed by atoms with Crippen LogP contribution in [0.5, 0.6) is 5.75 Å².